The summed E-state index contributed by atoms with van der Waals surface area (Å²) in [6.45, 7) is 3.75. The zero-order valence-corrected chi connectivity index (χ0v) is 24.1. The Labute approximate surface area is 244 Å². The molecular weight excluding hydrogens is 532 g/mol. The van der Waals surface area contributed by atoms with E-state index in [4.69, 9.17) is 18.9 Å². The molecule has 6 heteroatoms. The molecule has 0 amide bonds. The molecule has 0 spiro atoms. The molecule has 2 heterocycles. The molecule has 212 valence electrons. The van der Waals surface area contributed by atoms with Crippen molar-refractivity contribution in [1.82, 2.24) is 0 Å². The third kappa shape index (κ3) is 6.69. The lowest BCUT2D eigenvalue weighted by Gasteiger charge is -2.48. The van der Waals surface area contributed by atoms with E-state index in [1.165, 1.54) is 0 Å². The summed E-state index contributed by atoms with van der Waals surface area (Å²) in [6, 6.07) is 36.6. The molecule has 1 fully saturated rings. The number of fused-ring (bicyclic) bond motifs is 3. The molecule has 0 unspecified atom stereocenters. The van der Waals surface area contributed by atoms with Crippen LogP contribution in [0.2, 0.25) is 0 Å². The molecule has 4 aromatic rings. The van der Waals surface area contributed by atoms with Crippen molar-refractivity contribution >= 4 is 10.8 Å². The zero-order chi connectivity index (χ0) is 28.0. The van der Waals surface area contributed by atoms with Crippen LogP contribution in [0, 0.1) is 12.8 Å². The number of rotatable bonds is 10. The second kappa shape index (κ2) is 13.2. The van der Waals surface area contributed by atoms with Crippen molar-refractivity contribution in [2.24, 2.45) is 5.92 Å². The monoisotopic (exact) mass is 568 g/mol. The Balaban J connectivity index is 1.32. The van der Waals surface area contributed by atoms with Crippen LogP contribution in [0.15, 0.2) is 114 Å². The van der Waals surface area contributed by atoms with Crippen molar-refractivity contribution in [3.05, 3.63) is 137 Å². The fraction of sp³-hybridized carbons (Fsp3) is 0.314. The quantitative estimate of drug-likeness (QED) is 0.217. The topological polar surface area (TPSA) is 54.0 Å². The van der Waals surface area contributed by atoms with Gasteiger partial charge in [0.05, 0.1) is 49.4 Å². The summed E-state index contributed by atoms with van der Waals surface area (Å²) in [5.74, 6) is 0.336. The number of hydrogen-bond donors (Lipinski definition) is 0. The van der Waals surface area contributed by atoms with Gasteiger partial charge in [0.1, 0.15) is 12.2 Å². The first kappa shape index (κ1) is 28.0. The summed E-state index contributed by atoms with van der Waals surface area (Å²) in [7, 11) is -1.15. The summed E-state index contributed by atoms with van der Waals surface area (Å²) in [5, 5.41) is 0. The van der Waals surface area contributed by atoms with Gasteiger partial charge in [-0.05, 0) is 35.2 Å². The molecule has 4 aromatic carbocycles. The van der Waals surface area contributed by atoms with E-state index in [1.807, 2.05) is 66.7 Å². The van der Waals surface area contributed by atoms with E-state index in [2.05, 4.69) is 49.4 Å². The molecular formula is C35H36O5S. The van der Waals surface area contributed by atoms with Crippen molar-refractivity contribution in [1.29, 1.82) is 0 Å². The van der Waals surface area contributed by atoms with Gasteiger partial charge in [0.2, 0.25) is 0 Å². The van der Waals surface area contributed by atoms with Crippen molar-refractivity contribution in [3.63, 3.8) is 0 Å². The van der Waals surface area contributed by atoms with Gasteiger partial charge in [-0.3, -0.25) is 4.21 Å². The molecule has 0 aliphatic carbocycles. The predicted molar refractivity (Wildman–Crippen MR) is 160 cm³/mol. The summed E-state index contributed by atoms with van der Waals surface area (Å²) in [4.78, 5) is 0.853. The molecule has 2 aliphatic rings. The van der Waals surface area contributed by atoms with Gasteiger partial charge in [0.25, 0.3) is 0 Å². The van der Waals surface area contributed by atoms with Crippen LogP contribution >= 0.6 is 0 Å². The minimum Gasteiger partial charge on any atom is -0.374 e. The number of benzene rings is 4. The summed E-state index contributed by atoms with van der Waals surface area (Å²) >= 11 is 0. The average molecular weight is 569 g/mol. The Hall–Kier alpha value is -3.13. The van der Waals surface area contributed by atoms with Crippen LogP contribution in [-0.4, -0.2) is 34.9 Å². The lowest BCUT2D eigenvalue weighted by atomic mass is 9.83. The first-order valence-corrected chi connectivity index (χ1v) is 15.5. The van der Waals surface area contributed by atoms with Gasteiger partial charge >= 0.3 is 0 Å². The fourth-order valence-electron chi connectivity index (χ4n) is 5.80. The highest BCUT2D eigenvalue weighted by Crippen LogP contribution is 2.46. The first-order valence-electron chi connectivity index (χ1n) is 14.2. The smallest absolute Gasteiger partial charge is 0.113 e. The van der Waals surface area contributed by atoms with Crippen molar-refractivity contribution in [2.75, 3.05) is 12.4 Å². The number of aryl methyl sites for hydroxylation is 1. The van der Waals surface area contributed by atoms with Crippen LogP contribution in [0.1, 0.15) is 33.9 Å². The van der Waals surface area contributed by atoms with Gasteiger partial charge < -0.3 is 18.9 Å². The number of ether oxygens (including phenoxy) is 4. The van der Waals surface area contributed by atoms with Gasteiger partial charge in [-0.15, -0.1) is 0 Å². The highest BCUT2D eigenvalue weighted by atomic mass is 32.2. The maximum atomic E-state index is 13.5. The Morgan fingerprint density at radius 3 is 1.90 bits per heavy atom. The SMILES string of the molecule is Cc1ccc2c(c1)[C@H]1O[C@H](COCc3ccccc3)[C@@H](OCc3ccccc3)[C@H](OCc3ccccc3)[C@H]1C[S@@]2=O. The second-order valence-corrected chi connectivity index (χ2v) is 12.3. The minimum atomic E-state index is -1.15. The predicted octanol–water partition coefficient (Wildman–Crippen LogP) is 6.56. The Morgan fingerprint density at radius 1 is 0.732 bits per heavy atom. The summed E-state index contributed by atoms with van der Waals surface area (Å²) in [6.07, 6.45) is -1.37. The zero-order valence-electron chi connectivity index (χ0n) is 23.3. The molecule has 2 aliphatic heterocycles. The minimum absolute atomic E-state index is 0.125. The maximum Gasteiger partial charge on any atom is 0.113 e. The molecule has 5 nitrogen and oxygen atoms in total. The van der Waals surface area contributed by atoms with E-state index in [0.717, 1.165) is 32.7 Å². The standard InChI is InChI=1S/C35H36O5S/c1-25-17-18-32-29(19-25)33-30(24-41(32)36)34(38-21-27-13-7-3-8-14-27)35(39-22-28-15-9-4-10-16-28)31(40-33)23-37-20-26-11-5-2-6-12-26/h2-19,30-31,33-35H,20-24H2,1H3/t30-,31+,33+,34+,35+,41-/m0/s1. The van der Waals surface area contributed by atoms with E-state index >= 15 is 0 Å². The molecule has 0 radical (unpaired) electrons. The summed E-state index contributed by atoms with van der Waals surface area (Å²) in [5.41, 5.74) is 5.37. The van der Waals surface area contributed by atoms with Crippen molar-refractivity contribution < 1.29 is 23.2 Å². The molecule has 6 atom stereocenters. The lowest BCUT2D eigenvalue weighted by molar-refractivity contribution is -0.244. The van der Waals surface area contributed by atoms with Crippen LogP contribution in [0.5, 0.6) is 0 Å². The Kier molecular flexibility index (Phi) is 9.04. The fourth-order valence-corrected chi connectivity index (χ4v) is 7.35. The molecule has 0 aromatic heterocycles. The maximum absolute atomic E-state index is 13.5. The van der Waals surface area contributed by atoms with Gasteiger partial charge in [0, 0.05) is 16.6 Å². The van der Waals surface area contributed by atoms with E-state index in [0.29, 0.717) is 32.2 Å². The lowest BCUT2D eigenvalue weighted by Crippen LogP contribution is -2.57. The van der Waals surface area contributed by atoms with Gasteiger partial charge in [0.15, 0.2) is 0 Å². The van der Waals surface area contributed by atoms with Gasteiger partial charge in [-0.2, -0.15) is 0 Å². The summed E-state index contributed by atoms with van der Waals surface area (Å²) < 4.78 is 40.0. The largest absolute Gasteiger partial charge is 0.374 e. The third-order valence-corrected chi connectivity index (χ3v) is 9.40. The Bertz CT molecular complexity index is 1430. The normalized spacial score (nSPS) is 25.3. The Morgan fingerprint density at radius 2 is 1.29 bits per heavy atom. The molecule has 0 N–H and O–H groups in total. The molecule has 0 bridgehead atoms. The average Bonchev–Trinajstić information content (AvgIpc) is 3.01. The molecule has 41 heavy (non-hydrogen) atoms. The van der Waals surface area contributed by atoms with Crippen LogP contribution in [-0.2, 0) is 49.6 Å². The highest BCUT2D eigenvalue weighted by Gasteiger charge is 2.51. The third-order valence-electron chi connectivity index (χ3n) is 7.85. The van der Waals surface area contributed by atoms with Crippen molar-refractivity contribution in [3.8, 4) is 0 Å². The molecule has 6 rings (SSSR count). The van der Waals surface area contributed by atoms with E-state index in [-0.39, 0.29) is 24.2 Å². The first-order chi connectivity index (χ1) is 20.2. The van der Waals surface area contributed by atoms with Crippen molar-refractivity contribution in [2.45, 2.75) is 56.1 Å². The number of hydrogen-bond acceptors (Lipinski definition) is 5. The molecule has 1 saturated heterocycles. The highest BCUT2D eigenvalue weighted by molar-refractivity contribution is 7.85. The molecule has 0 saturated carbocycles. The van der Waals surface area contributed by atoms with Gasteiger partial charge in [-0.1, -0.05) is 109 Å². The van der Waals surface area contributed by atoms with Crippen LogP contribution < -0.4 is 0 Å². The van der Waals surface area contributed by atoms with Crippen LogP contribution in [0.3, 0.4) is 0 Å². The van der Waals surface area contributed by atoms with Gasteiger partial charge in [-0.25, -0.2) is 0 Å². The second-order valence-electron chi connectivity index (χ2n) is 10.8. The van der Waals surface area contributed by atoms with Crippen LogP contribution in [0.4, 0.5) is 0 Å². The van der Waals surface area contributed by atoms with E-state index < -0.39 is 16.9 Å². The van der Waals surface area contributed by atoms with E-state index in [1.54, 1.807) is 0 Å². The van der Waals surface area contributed by atoms with E-state index in [9.17, 15) is 4.21 Å². The van der Waals surface area contributed by atoms with Crippen LogP contribution in [0.25, 0.3) is 0 Å².